The molecule has 7 heteroatoms. The third kappa shape index (κ3) is 1.80. The van der Waals surface area contributed by atoms with Gasteiger partial charge in [-0.1, -0.05) is 17.7 Å². The fourth-order valence-corrected chi connectivity index (χ4v) is 2.80. The number of anilines is 1. The van der Waals surface area contributed by atoms with Gasteiger partial charge in [0.05, 0.1) is 10.7 Å². The number of carbonyl (C=O) groups is 3. The van der Waals surface area contributed by atoms with Crippen LogP contribution < -0.4 is 4.90 Å². The summed E-state index contributed by atoms with van der Waals surface area (Å²) in [6.45, 7) is 0. The minimum absolute atomic E-state index is 0.000185. The maximum Gasteiger partial charge on any atom is 0.339 e. The normalized spacial score (nSPS) is 25.1. The van der Waals surface area contributed by atoms with E-state index < -0.39 is 30.0 Å². The second-order valence-electron chi connectivity index (χ2n) is 4.64. The molecule has 2 aliphatic heterocycles. The number of rotatable bonds is 2. The number of fused-ring (bicyclic) bond motifs is 2. The number of benzene rings is 1. The van der Waals surface area contributed by atoms with E-state index in [0.29, 0.717) is 12.8 Å². The lowest BCUT2D eigenvalue weighted by Gasteiger charge is -2.30. The van der Waals surface area contributed by atoms with Crippen molar-refractivity contribution in [2.24, 2.45) is 0 Å². The molecule has 3 rings (SSSR count). The Kier molecular flexibility index (Phi) is 2.99. The Morgan fingerprint density at radius 1 is 1.25 bits per heavy atom. The van der Waals surface area contributed by atoms with Crippen LogP contribution in [-0.2, 0) is 14.3 Å². The van der Waals surface area contributed by atoms with Crippen LogP contribution in [0.2, 0.25) is 5.02 Å². The van der Waals surface area contributed by atoms with E-state index >= 15 is 0 Å². The minimum atomic E-state index is -1.29. The van der Waals surface area contributed by atoms with Crippen LogP contribution in [0.15, 0.2) is 18.2 Å². The maximum atomic E-state index is 12.2. The summed E-state index contributed by atoms with van der Waals surface area (Å²) >= 11 is 5.87. The largest absolute Gasteiger partial charge is 0.478 e. The number of imide groups is 1. The van der Waals surface area contributed by atoms with Crippen molar-refractivity contribution in [1.82, 2.24) is 0 Å². The Hall–Kier alpha value is -1.92. The first kappa shape index (κ1) is 13.1. The highest BCUT2D eigenvalue weighted by atomic mass is 35.5. The maximum absolute atomic E-state index is 12.2. The van der Waals surface area contributed by atoms with Gasteiger partial charge < -0.3 is 9.84 Å². The number of carboxylic acid groups (broad SMARTS) is 1. The molecule has 2 aliphatic rings. The van der Waals surface area contributed by atoms with Gasteiger partial charge >= 0.3 is 5.97 Å². The number of morpholine rings is 1. The molecule has 0 spiro atoms. The van der Waals surface area contributed by atoms with Crippen molar-refractivity contribution in [3.8, 4) is 0 Å². The van der Waals surface area contributed by atoms with Crippen molar-refractivity contribution >= 4 is 35.1 Å². The fraction of sp³-hybridized carbons (Fsp3) is 0.308. The number of carboxylic acids is 1. The number of hydrogen-bond donors (Lipinski definition) is 1. The van der Waals surface area contributed by atoms with Crippen molar-refractivity contribution in [3.63, 3.8) is 0 Å². The molecule has 2 unspecified atom stereocenters. The molecule has 2 atom stereocenters. The zero-order chi connectivity index (χ0) is 14.4. The Balaban J connectivity index is 2.13. The molecule has 6 nitrogen and oxygen atoms in total. The van der Waals surface area contributed by atoms with Gasteiger partial charge in [0, 0.05) is 0 Å². The predicted molar refractivity (Wildman–Crippen MR) is 68.8 cm³/mol. The minimum Gasteiger partial charge on any atom is -0.478 e. The van der Waals surface area contributed by atoms with E-state index in [9.17, 15) is 19.5 Å². The van der Waals surface area contributed by atoms with Gasteiger partial charge in [0.2, 0.25) is 0 Å². The van der Waals surface area contributed by atoms with E-state index in [1.54, 1.807) is 0 Å². The van der Waals surface area contributed by atoms with E-state index in [4.69, 9.17) is 16.3 Å². The number of halogens is 1. The van der Waals surface area contributed by atoms with Crippen LogP contribution in [0.4, 0.5) is 5.69 Å². The van der Waals surface area contributed by atoms with Crippen molar-refractivity contribution in [3.05, 3.63) is 28.8 Å². The Bertz CT molecular complexity index is 607. The lowest BCUT2D eigenvalue weighted by atomic mass is 10.1. The number of amides is 2. The first-order valence-corrected chi connectivity index (χ1v) is 6.43. The second-order valence-corrected chi connectivity index (χ2v) is 5.05. The molecule has 0 radical (unpaired) electrons. The van der Waals surface area contributed by atoms with Crippen molar-refractivity contribution in [2.45, 2.75) is 25.0 Å². The SMILES string of the molecule is O=C(O)c1c(Cl)cccc1N1C(=O)C2CCC(O2)C1=O. The lowest BCUT2D eigenvalue weighted by molar-refractivity contribution is -0.146. The Morgan fingerprint density at radius 3 is 2.40 bits per heavy atom. The zero-order valence-corrected chi connectivity index (χ0v) is 11.0. The van der Waals surface area contributed by atoms with Crippen molar-refractivity contribution in [2.75, 3.05) is 4.90 Å². The molecule has 2 bridgehead atoms. The monoisotopic (exact) mass is 295 g/mol. The van der Waals surface area contributed by atoms with Gasteiger partial charge in [-0.15, -0.1) is 0 Å². The summed E-state index contributed by atoms with van der Waals surface area (Å²) in [6.07, 6.45) is -0.430. The van der Waals surface area contributed by atoms with Gasteiger partial charge in [-0.25, -0.2) is 9.69 Å². The highest BCUT2D eigenvalue weighted by Gasteiger charge is 2.48. The molecule has 1 aromatic rings. The predicted octanol–water partition coefficient (Wildman–Crippen LogP) is 1.46. The van der Waals surface area contributed by atoms with Gasteiger partial charge in [0.1, 0.15) is 17.8 Å². The number of ether oxygens (including phenoxy) is 1. The summed E-state index contributed by atoms with van der Waals surface area (Å²) in [5.74, 6) is -2.35. The second kappa shape index (κ2) is 4.57. The molecule has 0 aliphatic carbocycles. The van der Waals surface area contributed by atoms with Gasteiger partial charge in [0.25, 0.3) is 11.8 Å². The van der Waals surface area contributed by atoms with Crippen LogP contribution in [0.25, 0.3) is 0 Å². The molecule has 2 heterocycles. The number of carbonyl (C=O) groups excluding carboxylic acids is 2. The summed E-state index contributed by atoms with van der Waals surface area (Å²) in [4.78, 5) is 36.7. The van der Waals surface area contributed by atoms with E-state index in [0.717, 1.165) is 4.90 Å². The number of hydrogen-bond acceptors (Lipinski definition) is 4. The van der Waals surface area contributed by atoms with Crippen molar-refractivity contribution in [1.29, 1.82) is 0 Å². The fourth-order valence-electron chi connectivity index (χ4n) is 2.55. The van der Waals surface area contributed by atoms with E-state index in [-0.39, 0.29) is 16.3 Å². The molecule has 20 heavy (non-hydrogen) atoms. The number of nitrogens with zero attached hydrogens (tertiary/aromatic N) is 1. The summed E-state index contributed by atoms with van der Waals surface area (Å²) in [5, 5.41) is 9.21. The molecule has 2 fully saturated rings. The molecule has 1 aromatic carbocycles. The third-order valence-corrected chi connectivity index (χ3v) is 3.77. The van der Waals surface area contributed by atoms with Gasteiger partial charge in [-0.2, -0.15) is 0 Å². The highest BCUT2D eigenvalue weighted by Crippen LogP contribution is 2.35. The van der Waals surface area contributed by atoms with Crippen LogP contribution in [0.3, 0.4) is 0 Å². The summed E-state index contributed by atoms with van der Waals surface area (Å²) < 4.78 is 5.28. The molecule has 0 aromatic heterocycles. The van der Waals surface area contributed by atoms with E-state index in [1.165, 1.54) is 18.2 Å². The first-order chi connectivity index (χ1) is 9.50. The number of aromatic carboxylic acids is 1. The van der Waals surface area contributed by atoms with Gasteiger partial charge in [-0.3, -0.25) is 9.59 Å². The average Bonchev–Trinajstić information content (AvgIpc) is 2.83. The van der Waals surface area contributed by atoms with Crippen LogP contribution in [0.5, 0.6) is 0 Å². The molecule has 2 saturated heterocycles. The molecule has 1 N–H and O–H groups in total. The Morgan fingerprint density at radius 2 is 1.85 bits per heavy atom. The summed E-state index contributed by atoms with van der Waals surface area (Å²) in [7, 11) is 0. The molecule has 0 saturated carbocycles. The van der Waals surface area contributed by atoms with Crippen molar-refractivity contribution < 1.29 is 24.2 Å². The summed E-state index contributed by atoms with van der Waals surface area (Å²) in [5.41, 5.74) is -0.252. The molecular formula is C13H10ClNO5. The summed E-state index contributed by atoms with van der Waals surface area (Å²) in [6, 6.07) is 4.30. The van der Waals surface area contributed by atoms with Gasteiger partial charge in [-0.05, 0) is 25.0 Å². The van der Waals surface area contributed by atoms with Crippen LogP contribution in [-0.4, -0.2) is 35.1 Å². The van der Waals surface area contributed by atoms with Crippen LogP contribution in [0.1, 0.15) is 23.2 Å². The smallest absolute Gasteiger partial charge is 0.339 e. The van der Waals surface area contributed by atoms with E-state index in [2.05, 4.69) is 0 Å². The molecule has 104 valence electrons. The van der Waals surface area contributed by atoms with E-state index in [1.807, 2.05) is 0 Å². The standard InChI is InChI=1S/C13H10ClNO5/c14-6-2-1-3-7(10(6)13(18)19)15-11(16)8-4-5-9(20-8)12(15)17/h1-3,8-9H,4-5H2,(H,18,19). The van der Waals surface area contributed by atoms with Crippen LogP contribution >= 0.6 is 11.6 Å². The Labute approximate surface area is 118 Å². The zero-order valence-electron chi connectivity index (χ0n) is 10.2. The topological polar surface area (TPSA) is 83.9 Å². The lowest BCUT2D eigenvalue weighted by Crippen LogP contribution is -2.52. The molecule has 2 amide bonds. The average molecular weight is 296 g/mol. The van der Waals surface area contributed by atoms with Gasteiger partial charge in [0.15, 0.2) is 0 Å². The highest BCUT2D eigenvalue weighted by molar-refractivity contribution is 6.35. The molecular weight excluding hydrogens is 286 g/mol. The first-order valence-electron chi connectivity index (χ1n) is 6.06. The quantitative estimate of drug-likeness (QED) is 0.835. The van der Waals surface area contributed by atoms with Crippen LogP contribution in [0, 0.1) is 0 Å². The third-order valence-electron chi connectivity index (χ3n) is 3.46.